The number of hydrogen-bond donors (Lipinski definition) is 2. The Morgan fingerprint density at radius 3 is 2.88 bits per heavy atom. The molecule has 92 valence electrons. The summed E-state index contributed by atoms with van der Waals surface area (Å²) in [6.07, 6.45) is 7.87. The van der Waals surface area contributed by atoms with Crippen LogP contribution in [0.5, 0.6) is 5.75 Å². The standard InChI is InChI=1S/C14H20N2O/c1-4-5-6-7-13(16-15)12-10-11(2)8-9-14(12)17-3/h1,8-10,13,16H,5-7,15H2,2-3H3. The van der Waals surface area contributed by atoms with Crippen molar-refractivity contribution in [3.8, 4) is 18.1 Å². The van der Waals surface area contributed by atoms with Gasteiger partial charge in [0.2, 0.25) is 0 Å². The highest BCUT2D eigenvalue weighted by molar-refractivity contribution is 5.39. The smallest absolute Gasteiger partial charge is 0.123 e. The van der Waals surface area contributed by atoms with Gasteiger partial charge in [-0.2, -0.15) is 0 Å². The van der Waals surface area contributed by atoms with E-state index >= 15 is 0 Å². The van der Waals surface area contributed by atoms with E-state index in [1.165, 1.54) is 5.56 Å². The molecule has 1 aromatic rings. The van der Waals surface area contributed by atoms with Crippen LogP contribution >= 0.6 is 0 Å². The highest BCUT2D eigenvalue weighted by Crippen LogP contribution is 2.28. The van der Waals surface area contributed by atoms with Gasteiger partial charge in [-0.25, -0.2) is 0 Å². The fraction of sp³-hybridized carbons (Fsp3) is 0.429. The van der Waals surface area contributed by atoms with E-state index in [-0.39, 0.29) is 6.04 Å². The minimum absolute atomic E-state index is 0.0817. The Kier molecular flexibility index (Phi) is 5.55. The van der Waals surface area contributed by atoms with Gasteiger partial charge in [-0.05, 0) is 25.8 Å². The molecule has 0 heterocycles. The van der Waals surface area contributed by atoms with Gasteiger partial charge >= 0.3 is 0 Å². The number of nitrogens with one attached hydrogen (secondary N) is 1. The first-order valence-corrected chi connectivity index (χ1v) is 5.77. The number of unbranched alkanes of at least 4 members (excludes halogenated alkanes) is 1. The topological polar surface area (TPSA) is 47.3 Å². The van der Waals surface area contributed by atoms with E-state index < -0.39 is 0 Å². The summed E-state index contributed by atoms with van der Waals surface area (Å²) >= 11 is 0. The monoisotopic (exact) mass is 232 g/mol. The van der Waals surface area contributed by atoms with Crippen LogP contribution < -0.4 is 16.0 Å². The Labute approximate surface area is 103 Å². The van der Waals surface area contributed by atoms with Gasteiger partial charge < -0.3 is 4.74 Å². The zero-order valence-electron chi connectivity index (χ0n) is 10.5. The average molecular weight is 232 g/mol. The summed E-state index contributed by atoms with van der Waals surface area (Å²) in [4.78, 5) is 0. The molecule has 3 N–H and O–H groups in total. The second kappa shape index (κ2) is 6.95. The molecule has 0 amide bonds. The quantitative estimate of drug-likeness (QED) is 0.342. The number of ether oxygens (including phenoxy) is 1. The van der Waals surface area contributed by atoms with Gasteiger partial charge in [0.05, 0.1) is 7.11 Å². The molecule has 1 unspecified atom stereocenters. The van der Waals surface area contributed by atoms with Crippen LogP contribution in [0.1, 0.15) is 36.4 Å². The molecule has 0 saturated heterocycles. The molecule has 3 nitrogen and oxygen atoms in total. The summed E-state index contributed by atoms with van der Waals surface area (Å²) in [6, 6.07) is 6.17. The third-order valence-corrected chi connectivity index (χ3v) is 2.78. The molecular formula is C14H20N2O. The van der Waals surface area contributed by atoms with E-state index in [2.05, 4.69) is 24.3 Å². The molecule has 1 rings (SSSR count). The molecular weight excluding hydrogens is 212 g/mol. The second-order valence-electron chi connectivity index (χ2n) is 4.06. The number of aryl methyl sites for hydroxylation is 1. The SMILES string of the molecule is C#CCCCC(NN)c1cc(C)ccc1OC. The van der Waals surface area contributed by atoms with Gasteiger partial charge in [0.25, 0.3) is 0 Å². The van der Waals surface area contributed by atoms with Crippen molar-refractivity contribution in [2.45, 2.75) is 32.2 Å². The highest BCUT2D eigenvalue weighted by atomic mass is 16.5. The molecule has 0 spiro atoms. The van der Waals surface area contributed by atoms with Crippen molar-refractivity contribution in [1.82, 2.24) is 5.43 Å². The number of hydrazine groups is 1. The first-order chi connectivity index (χ1) is 8.22. The molecule has 0 radical (unpaired) electrons. The maximum atomic E-state index is 5.60. The van der Waals surface area contributed by atoms with Crippen LogP contribution in [0.2, 0.25) is 0 Å². The Balaban J connectivity index is 2.86. The Bertz CT molecular complexity index is 396. The van der Waals surface area contributed by atoms with E-state index in [1.54, 1.807) is 7.11 Å². The minimum atomic E-state index is 0.0817. The molecule has 0 fully saturated rings. The van der Waals surface area contributed by atoms with E-state index in [0.717, 1.165) is 30.6 Å². The summed E-state index contributed by atoms with van der Waals surface area (Å²) in [5.74, 6) is 9.10. The number of rotatable bonds is 6. The molecule has 0 aromatic heterocycles. The molecule has 0 aliphatic carbocycles. The van der Waals surface area contributed by atoms with E-state index in [0.29, 0.717) is 0 Å². The summed E-state index contributed by atoms with van der Waals surface area (Å²) in [5.41, 5.74) is 5.11. The van der Waals surface area contributed by atoms with Crippen LogP contribution in [-0.4, -0.2) is 7.11 Å². The van der Waals surface area contributed by atoms with E-state index in [1.807, 2.05) is 12.1 Å². The number of nitrogens with two attached hydrogens (primary N) is 1. The molecule has 0 aliphatic heterocycles. The maximum absolute atomic E-state index is 5.60. The Morgan fingerprint density at radius 1 is 1.53 bits per heavy atom. The molecule has 1 aromatic carbocycles. The van der Waals surface area contributed by atoms with Gasteiger partial charge in [-0.3, -0.25) is 11.3 Å². The molecule has 17 heavy (non-hydrogen) atoms. The van der Waals surface area contributed by atoms with Gasteiger partial charge in [0.1, 0.15) is 5.75 Å². The first-order valence-electron chi connectivity index (χ1n) is 5.77. The molecule has 0 aliphatic rings. The normalized spacial score (nSPS) is 11.9. The minimum Gasteiger partial charge on any atom is -0.496 e. The zero-order chi connectivity index (χ0) is 12.7. The van der Waals surface area contributed by atoms with Crippen molar-refractivity contribution < 1.29 is 4.74 Å². The van der Waals surface area contributed by atoms with E-state index in [9.17, 15) is 0 Å². The number of methoxy groups -OCH3 is 1. The average Bonchev–Trinajstić information content (AvgIpc) is 2.35. The number of terminal acetylenes is 1. The summed E-state index contributed by atoms with van der Waals surface area (Å²) in [7, 11) is 1.67. The van der Waals surface area contributed by atoms with Crippen LogP contribution in [0.15, 0.2) is 18.2 Å². The highest BCUT2D eigenvalue weighted by Gasteiger charge is 2.14. The van der Waals surface area contributed by atoms with Gasteiger partial charge in [-0.1, -0.05) is 17.7 Å². The fourth-order valence-electron chi connectivity index (χ4n) is 1.86. The molecule has 0 saturated carbocycles. The molecule has 1 atom stereocenters. The molecule has 3 heteroatoms. The van der Waals surface area contributed by atoms with Crippen molar-refractivity contribution in [3.05, 3.63) is 29.3 Å². The largest absolute Gasteiger partial charge is 0.496 e. The lowest BCUT2D eigenvalue weighted by molar-refractivity contribution is 0.394. The van der Waals surface area contributed by atoms with Crippen LogP contribution in [0.3, 0.4) is 0 Å². The van der Waals surface area contributed by atoms with Crippen LogP contribution in [-0.2, 0) is 0 Å². The van der Waals surface area contributed by atoms with Crippen molar-refractivity contribution in [1.29, 1.82) is 0 Å². The van der Waals surface area contributed by atoms with Crippen LogP contribution in [0, 0.1) is 19.3 Å². The predicted molar refractivity (Wildman–Crippen MR) is 70.5 cm³/mol. The predicted octanol–water partition coefficient (Wildman–Crippen LogP) is 2.31. The molecule has 0 bridgehead atoms. The lowest BCUT2D eigenvalue weighted by Gasteiger charge is -2.19. The summed E-state index contributed by atoms with van der Waals surface area (Å²) in [5, 5.41) is 0. The Hall–Kier alpha value is -1.50. The fourth-order valence-corrected chi connectivity index (χ4v) is 1.86. The summed E-state index contributed by atoms with van der Waals surface area (Å²) < 4.78 is 5.35. The maximum Gasteiger partial charge on any atom is 0.123 e. The number of hydrogen-bond acceptors (Lipinski definition) is 3. The lowest BCUT2D eigenvalue weighted by atomic mass is 9.99. The van der Waals surface area contributed by atoms with Crippen molar-refractivity contribution in [3.63, 3.8) is 0 Å². The Morgan fingerprint density at radius 2 is 2.29 bits per heavy atom. The van der Waals surface area contributed by atoms with Crippen molar-refractivity contribution in [2.24, 2.45) is 5.84 Å². The van der Waals surface area contributed by atoms with E-state index in [4.69, 9.17) is 17.0 Å². The van der Waals surface area contributed by atoms with Crippen LogP contribution in [0.4, 0.5) is 0 Å². The van der Waals surface area contributed by atoms with Gasteiger partial charge in [-0.15, -0.1) is 12.3 Å². The second-order valence-corrected chi connectivity index (χ2v) is 4.06. The number of benzene rings is 1. The summed E-state index contributed by atoms with van der Waals surface area (Å²) in [6.45, 7) is 2.05. The van der Waals surface area contributed by atoms with Crippen LogP contribution in [0.25, 0.3) is 0 Å². The third kappa shape index (κ3) is 3.77. The first kappa shape index (κ1) is 13.6. The third-order valence-electron chi connectivity index (χ3n) is 2.78. The zero-order valence-corrected chi connectivity index (χ0v) is 10.5. The van der Waals surface area contributed by atoms with Crippen molar-refractivity contribution >= 4 is 0 Å². The van der Waals surface area contributed by atoms with Crippen molar-refractivity contribution in [2.75, 3.05) is 7.11 Å². The van der Waals surface area contributed by atoms with Gasteiger partial charge in [0, 0.05) is 18.0 Å². The lowest BCUT2D eigenvalue weighted by Crippen LogP contribution is -2.28. The van der Waals surface area contributed by atoms with Gasteiger partial charge in [0.15, 0.2) is 0 Å².